The summed E-state index contributed by atoms with van der Waals surface area (Å²) in [4.78, 5) is 15.6. The summed E-state index contributed by atoms with van der Waals surface area (Å²) >= 11 is 0. The van der Waals surface area contributed by atoms with Gasteiger partial charge in [-0.25, -0.2) is 13.4 Å². The molecule has 0 saturated heterocycles. The Labute approximate surface area is 117 Å². The molecule has 2 aromatic rings. The van der Waals surface area contributed by atoms with Crippen molar-refractivity contribution in [3.8, 4) is 0 Å². The number of carbonyl (C=O) groups is 1. The number of rotatable bonds is 4. The maximum absolute atomic E-state index is 12.3. The lowest BCUT2D eigenvalue weighted by molar-refractivity contribution is -0.119. The van der Waals surface area contributed by atoms with E-state index in [0.29, 0.717) is 5.39 Å². The van der Waals surface area contributed by atoms with Gasteiger partial charge >= 0.3 is 0 Å². The van der Waals surface area contributed by atoms with E-state index in [9.17, 15) is 13.2 Å². The average Bonchev–Trinajstić information content (AvgIpc) is 2.36. The zero-order valence-electron chi connectivity index (χ0n) is 11.3. The van der Waals surface area contributed by atoms with E-state index in [0.717, 1.165) is 5.39 Å². The standard InChI is InChI=1S/C14H16N2O3S/c1-10(2)16-13(17)9-20(18,19)14-12-6-4-3-5-11(12)7-8-15-14/h3-8,10H,9H2,1-2H3,(H,16,17). The van der Waals surface area contributed by atoms with E-state index in [1.54, 1.807) is 32.0 Å². The van der Waals surface area contributed by atoms with Gasteiger partial charge < -0.3 is 5.32 Å². The van der Waals surface area contributed by atoms with Crippen LogP contribution in [0.3, 0.4) is 0 Å². The summed E-state index contributed by atoms with van der Waals surface area (Å²) in [6.45, 7) is 3.56. The highest BCUT2D eigenvalue weighted by atomic mass is 32.2. The van der Waals surface area contributed by atoms with Crippen LogP contribution in [-0.2, 0) is 14.6 Å². The van der Waals surface area contributed by atoms with Crippen LogP contribution in [0.1, 0.15) is 13.8 Å². The zero-order valence-corrected chi connectivity index (χ0v) is 12.1. The minimum atomic E-state index is -3.75. The first-order chi connectivity index (χ1) is 9.40. The van der Waals surface area contributed by atoms with Crippen LogP contribution >= 0.6 is 0 Å². The number of hydrogen-bond acceptors (Lipinski definition) is 4. The Morgan fingerprint density at radius 2 is 1.95 bits per heavy atom. The first kappa shape index (κ1) is 14.5. The summed E-state index contributed by atoms with van der Waals surface area (Å²) < 4.78 is 24.6. The largest absolute Gasteiger partial charge is 0.353 e. The van der Waals surface area contributed by atoms with Crippen LogP contribution in [0, 0.1) is 0 Å². The van der Waals surface area contributed by atoms with Gasteiger partial charge in [-0.1, -0.05) is 24.3 Å². The average molecular weight is 292 g/mol. The summed E-state index contributed by atoms with van der Waals surface area (Å²) in [6, 6.07) is 8.71. The summed E-state index contributed by atoms with van der Waals surface area (Å²) in [6.07, 6.45) is 1.44. The molecule has 1 amide bonds. The van der Waals surface area contributed by atoms with Gasteiger partial charge in [0.25, 0.3) is 0 Å². The normalized spacial score (nSPS) is 11.8. The number of amides is 1. The Bertz CT molecular complexity index is 734. The van der Waals surface area contributed by atoms with Crippen molar-refractivity contribution in [1.82, 2.24) is 10.3 Å². The minimum Gasteiger partial charge on any atom is -0.353 e. The van der Waals surface area contributed by atoms with Gasteiger partial charge in [0.15, 0.2) is 5.03 Å². The number of nitrogens with one attached hydrogen (secondary N) is 1. The number of hydrogen-bond donors (Lipinski definition) is 1. The summed E-state index contributed by atoms with van der Waals surface area (Å²) in [5.41, 5.74) is 0. The molecule has 1 N–H and O–H groups in total. The fraction of sp³-hybridized carbons (Fsp3) is 0.286. The van der Waals surface area contributed by atoms with Crippen molar-refractivity contribution in [2.24, 2.45) is 0 Å². The van der Waals surface area contributed by atoms with Crippen LogP contribution < -0.4 is 5.32 Å². The van der Waals surface area contributed by atoms with E-state index in [1.165, 1.54) is 6.20 Å². The van der Waals surface area contributed by atoms with Gasteiger partial charge in [0, 0.05) is 17.6 Å². The second-order valence-electron chi connectivity index (χ2n) is 4.82. The molecule has 1 aromatic carbocycles. The Balaban J connectivity index is 2.40. The van der Waals surface area contributed by atoms with Crippen molar-refractivity contribution in [3.63, 3.8) is 0 Å². The molecule has 0 unspecified atom stereocenters. The van der Waals surface area contributed by atoms with Crippen LogP contribution in [0.2, 0.25) is 0 Å². The van der Waals surface area contributed by atoms with Gasteiger partial charge in [-0.05, 0) is 25.3 Å². The monoisotopic (exact) mass is 292 g/mol. The molecule has 1 aromatic heterocycles. The molecule has 6 heteroatoms. The molecular formula is C14H16N2O3S. The third kappa shape index (κ3) is 3.14. The molecule has 0 aliphatic rings. The van der Waals surface area contributed by atoms with Crippen LogP contribution in [0.4, 0.5) is 0 Å². The summed E-state index contributed by atoms with van der Waals surface area (Å²) in [5.74, 6) is -1.11. The molecule has 0 bridgehead atoms. The van der Waals surface area contributed by atoms with Crippen molar-refractivity contribution in [1.29, 1.82) is 0 Å². The molecule has 0 fully saturated rings. The number of benzene rings is 1. The lowest BCUT2D eigenvalue weighted by atomic mass is 10.2. The number of fused-ring (bicyclic) bond motifs is 1. The Morgan fingerprint density at radius 3 is 2.65 bits per heavy atom. The summed E-state index contributed by atoms with van der Waals surface area (Å²) in [5, 5.41) is 3.84. The smallest absolute Gasteiger partial charge is 0.235 e. The molecular weight excluding hydrogens is 276 g/mol. The highest BCUT2D eigenvalue weighted by Gasteiger charge is 2.23. The van der Waals surface area contributed by atoms with Crippen molar-refractivity contribution in [2.75, 3.05) is 5.75 Å². The predicted octanol–water partition coefficient (Wildman–Crippen LogP) is 1.53. The first-order valence-electron chi connectivity index (χ1n) is 6.26. The Morgan fingerprint density at radius 1 is 1.25 bits per heavy atom. The molecule has 0 atom stereocenters. The summed E-state index contributed by atoms with van der Waals surface area (Å²) in [7, 11) is -3.75. The second kappa shape index (κ2) is 5.58. The molecule has 0 aliphatic carbocycles. The van der Waals surface area contributed by atoms with E-state index in [4.69, 9.17) is 0 Å². The predicted molar refractivity (Wildman–Crippen MR) is 77.1 cm³/mol. The Kier molecular flexibility index (Phi) is 4.04. The van der Waals surface area contributed by atoms with Crippen molar-refractivity contribution in [2.45, 2.75) is 24.9 Å². The van der Waals surface area contributed by atoms with E-state index < -0.39 is 21.5 Å². The molecule has 2 rings (SSSR count). The van der Waals surface area contributed by atoms with Crippen molar-refractivity contribution in [3.05, 3.63) is 36.5 Å². The SMILES string of the molecule is CC(C)NC(=O)CS(=O)(=O)c1nccc2ccccc12. The molecule has 5 nitrogen and oxygen atoms in total. The highest BCUT2D eigenvalue weighted by Crippen LogP contribution is 2.21. The van der Waals surface area contributed by atoms with Gasteiger partial charge in [-0.15, -0.1) is 0 Å². The third-order valence-electron chi connectivity index (χ3n) is 2.70. The third-order valence-corrected chi connectivity index (χ3v) is 4.26. The van der Waals surface area contributed by atoms with Crippen LogP contribution in [0.5, 0.6) is 0 Å². The molecule has 106 valence electrons. The zero-order chi connectivity index (χ0) is 14.8. The Hall–Kier alpha value is -1.95. The van der Waals surface area contributed by atoms with E-state index >= 15 is 0 Å². The van der Waals surface area contributed by atoms with E-state index in [-0.39, 0.29) is 11.1 Å². The number of pyridine rings is 1. The van der Waals surface area contributed by atoms with Crippen LogP contribution in [-0.4, -0.2) is 31.1 Å². The lowest BCUT2D eigenvalue weighted by Crippen LogP contribution is -2.35. The van der Waals surface area contributed by atoms with E-state index in [2.05, 4.69) is 10.3 Å². The quantitative estimate of drug-likeness (QED) is 0.927. The molecule has 0 radical (unpaired) electrons. The highest BCUT2D eigenvalue weighted by molar-refractivity contribution is 7.92. The minimum absolute atomic E-state index is 0.0468. The van der Waals surface area contributed by atoms with Crippen molar-refractivity contribution >= 4 is 26.5 Å². The topological polar surface area (TPSA) is 76.1 Å². The fourth-order valence-electron chi connectivity index (χ4n) is 1.94. The molecule has 0 saturated carbocycles. The van der Waals surface area contributed by atoms with Gasteiger partial charge in [-0.3, -0.25) is 4.79 Å². The second-order valence-corrected chi connectivity index (χ2v) is 6.72. The molecule has 1 heterocycles. The number of aromatic nitrogens is 1. The first-order valence-corrected chi connectivity index (χ1v) is 7.91. The van der Waals surface area contributed by atoms with Gasteiger partial charge in [0.05, 0.1) is 0 Å². The fourth-order valence-corrected chi connectivity index (χ4v) is 3.25. The van der Waals surface area contributed by atoms with Gasteiger partial charge in [-0.2, -0.15) is 0 Å². The maximum atomic E-state index is 12.3. The number of sulfone groups is 1. The van der Waals surface area contributed by atoms with Crippen LogP contribution in [0.15, 0.2) is 41.6 Å². The van der Waals surface area contributed by atoms with E-state index in [1.807, 2.05) is 12.1 Å². The van der Waals surface area contributed by atoms with Crippen LogP contribution in [0.25, 0.3) is 10.8 Å². The molecule has 0 spiro atoms. The van der Waals surface area contributed by atoms with Gasteiger partial charge in [0.1, 0.15) is 5.75 Å². The molecule has 20 heavy (non-hydrogen) atoms. The number of nitrogens with zero attached hydrogens (tertiary/aromatic N) is 1. The van der Waals surface area contributed by atoms with Gasteiger partial charge in [0.2, 0.25) is 15.7 Å². The molecule has 0 aliphatic heterocycles. The maximum Gasteiger partial charge on any atom is 0.235 e. The lowest BCUT2D eigenvalue weighted by Gasteiger charge is -2.09. The van der Waals surface area contributed by atoms with Crippen molar-refractivity contribution < 1.29 is 13.2 Å². The number of carbonyl (C=O) groups excluding carboxylic acids is 1.